The zero-order valence-electron chi connectivity index (χ0n) is 5.29. The lowest BCUT2D eigenvalue weighted by Crippen LogP contribution is -1.75. The van der Waals surface area contributed by atoms with Crippen molar-refractivity contribution in [2.24, 2.45) is 5.73 Å². The van der Waals surface area contributed by atoms with Crippen molar-refractivity contribution in [1.29, 1.82) is 0 Å². The van der Waals surface area contributed by atoms with Crippen LogP contribution in [0.2, 0.25) is 0 Å². The molecule has 0 unspecified atom stereocenters. The molecular formula is C7H9NS. The van der Waals surface area contributed by atoms with Gasteiger partial charge in [0.05, 0.1) is 0 Å². The predicted molar refractivity (Wildman–Crippen MR) is 42.3 cm³/mol. The lowest BCUT2D eigenvalue weighted by Gasteiger charge is -1.84. The lowest BCUT2D eigenvalue weighted by molar-refractivity contribution is 1.53. The van der Waals surface area contributed by atoms with Gasteiger partial charge in [0.25, 0.3) is 0 Å². The van der Waals surface area contributed by atoms with Gasteiger partial charge in [-0.3, -0.25) is 0 Å². The first-order valence-corrected chi connectivity index (χ1v) is 3.65. The molecule has 1 nitrogen and oxygen atoms in total. The highest BCUT2D eigenvalue weighted by atomic mass is 32.1. The molecule has 0 bridgehead atoms. The van der Waals surface area contributed by atoms with Crippen molar-refractivity contribution in [1.82, 2.24) is 0 Å². The fraction of sp³-hybridized carbons (Fsp3) is 0.143. The maximum absolute atomic E-state index is 5.21. The second kappa shape index (κ2) is 2.69. The predicted octanol–water partition coefficient (Wildman–Crippen LogP) is 1.99. The molecule has 1 aromatic heterocycles. The van der Waals surface area contributed by atoms with E-state index in [0.717, 1.165) is 0 Å². The zero-order valence-corrected chi connectivity index (χ0v) is 6.11. The number of nitrogens with two attached hydrogens (primary N) is 1. The lowest BCUT2D eigenvalue weighted by atomic mass is 10.3. The molecule has 1 aromatic rings. The van der Waals surface area contributed by atoms with Gasteiger partial charge in [-0.25, -0.2) is 0 Å². The minimum Gasteiger partial charge on any atom is -0.405 e. The topological polar surface area (TPSA) is 26.0 Å². The summed E-state index contributed by atoms with van der Waals surface area (Å²) in [5, 5.41) is 2.06. The van der Waals surface area contributed by atoms with Gasteiger partial charge in [-0.15, -0.1) is 11.3 Å². The molecule has 2 heteroatoms. The monoisotopic (exact) mass is 139 g/mol. The first-order chi connectivity index (χ1) is 4.34. The maximum Gasteiger partial charge on any atom is 0.0313 e. The van der Waals surface area contributed by atoms with Crippen LogP contribution in [-0.4, -0.2) is 0 Å². The number of aryl methyl sites for hydroxylation is 1. The average Bonchev–Trinajstić information content (AvgIpc) is 2.18. The van der Waals surface area contributed by atoms with Crippen LogP contribution in [0, 0.1) is 6.92 Å². The van der Waals surface area contributed by atoms with Crippen molar-refractivity contribution in [3.05, 3.63) is 28.1 Å². The molecule has 1 rings (SSSR count). The van der Waals surface area contributed by atoms with E-state index < -0.39 is 0 Å². The summed E-state index contributed by atoms with van der Waals surface area (Å²) in [6, 6.07) is 2.08. The molecule has 0 saturated carbocycles. The van der Waals surface area contributed by atoms with Crippen LogP contribution in [0.3, 0.4) is 0 Å². The van der Waals surface area contributed by atoms with Crippen molar-refractivity contribution in [3.8, 4) is 0 Å². The average molecular weight is 139 g/mol. The summed E-state index contributed by atoms with van der Waals surface area (Å²) >= 11 is 1.71. The van der Waals surface area contributed by atoms with Gasteiger partial charge in [0.15, 0.2) is 0 Å². The molecule has 1 heterocycles. The number of rotatable bonds is 1. The Labute approximate surface area is 58.8 Å². The Morgan fingerprint density at radius 2 is 2.44 bits per heavy atom. The van der Waals surface area contributed by atoms with Crippen LogP contribution in [-0.2, 0) is 0 Å². The third-order valence-electron chi connectivity index (χ3n) is 1.15. The molecule has 0 saturated heterocycles. The van der Waals surface area contributed by atoms with Crippen LogP contribution in [0.4, 0.5) is 0 Å². The summed E-state index contributed by atoms with van der Waals surface area (Å²) < 4.78 is 0. The molecule has 2 N–H and O–H groups in total. The summed E-state index contributed by atoms with van der Waals surface area (Å²) in [4.78, 5) is 1.25. The van der Waals surface area contributed by atoms with Crippen molar-refractivity contribution < 1.29 is 0 Å². The van der Waals surface area contributed by atoms with Crippen molar-refractivity contribution in [2.45, 2.75) is 6.92 Å². The third-order valence-corrected chi connectivity index (χ3v) is 2.13. The molecule has 0 aliphatic rings. The van der Waals surface area contributed by atoms with Gasteiger partial charge in [0, 0.05) is 4.88 Å². The van der Waals surface area contributed by atoms with Gasteiger partial charge in [0.2, 0.25) is 0 Å². The summed E-state index contributed by atoms with van der Waals surface area (Å²) in [6.07, 6.45) is 3.48. The molecule has 0 spiro atoms. The van der Waals surface area contributed by atoms with Gasteiger partial charge < -0.3 is 5.73 Å². The van der Waals surface area contributed by atoms with E-state index in [2.05, 4.69) is 18.4 Å². The number of hydrogen-bond donors (Lipinski definition) is 1. The standard InChI is InChI=1S/C7H9NS/c1-6-3-5-9-7(6)2-4-8/h2-5H,8H2,1H3/b4-2-. The smallest absolute Gasteiger partial charge is 0.0313 e. The highest BCUT2D eigenvalue weighted by Crippen LogP contribution is 2.15. The largest absolute Gasteiger partial charge is 0.405 e. The van der Waals surface area contributed by atoms with Gasteiger partial charge in [0.1, 0.15) is 0 Å². The van der Waals surface area contributed by atoms with E-state index in [1.807, 2.05) is 6.08 Å². The summed E-state index contributed by atoms with van der Waals surface area (Å²) in [5.74, 6) is 0. The van der Waals surface area contributed by atoms with E-state index in [9.17, 15) is 0 Å². The quantitative estimate of drug-likeness (QED) is 0.632. The second-order valence-electron chi connectivity index (χ2n) is 1.83. The molecule has 0 aliphatic carbocycles. The second-order valence-corrected chi connectivity index (χ2v) is 2.77. The van der Waals surface area contributed by atoms with Crippen LogP contribution in [0.15, 0.2) is 17.6 Å². The van der Waals surface area contributed by atoms with Crippen LogP contribution in [0.5, 0.6) is 0 Å². The van der Waals surface area contributed by atoms with Crippen LogP contribution in [0.25, 0.3) is 6.08 Å². The van der Waals surface area contributed by atoms with E-state index in [-0.39, 0.29) is 0 Å². The summed E-state index contributed by atoms with van der Waals surface area (Å²) in [6.45, 7) is 2.08. The Morgan fingerprint density at radius 1 is 1.67 bits per heavy atom. The molecule has 0 radical (unpaired) electrons. The molecule has 0 aromatic carbocycles. The summed E-state index contributed by atoms with van der Waals surface area (Å²) in [5.41, 5.74) is 6.51. The molecule has 9 heavy (non-hydrogen) atoms. The fourth-order valence-corrected chi connectivity index (χ4v) is 1.47. The van der Waals surface area contributed by atoms with E-state index >= 15 is 0 Å². The van der Waals surface area contributed by atoms with E-state index in [0.29, 0.717) is 0 Å². The molecular weight excluding hydrogens is 130 g/mol. The van der Waals surface area contributed by atoms with Gasteiger partial charge in [-0.1, -0.05) is 0 Å². The normalized spacial score (nSPS) is 10.8. The van der Waals surface area contributed by atoms with Crippen LogP contribution in [0.1, 0.15) is 10.4 Å². The first kappa shape index (κ1) is 6.36. The Kier molecular flexibility index (Phi) is 1.90. The molecule has 0 atom stereocenters. The van der Waals surface area contributed by atoms with Crippen LogP contribution >= 0.6 is 11.3 Å². The van der Waals surface area contributed by atoms with E-state index in [4.69, 9.17) is 5.73 Å². The summed E-state index contributed by atoms with van der Waals surface area (Å²) in [7, 11) is 0. The van der Waals surface area contributed by atoms with Crippen LogP contribution < -0.4 is 5.73 Å². The Bertz CT molecular complexity index is 212. The Morgan fingerprint density at radius 3 is 2.89 bits per heavy atom. The molecule has 0 fully saturated rings. The molecule has 0 amide bonds. The molecule has 48 valence electrons. The fourth-order valence-electron chi connectivity index (χ4n) is 0.643. The van der Waals surface area contributed by atoms with E-state index in [1.165, 1.54) is 10.4 Å². The van der Waals surface area contributed by atoms with Gasteiger partial charge in [-0.2, -0.15) is 0 Å². The number of thiophene rings is 1. The molecule has 0 aliphatic heterocycles. The first-order valence-electron chi connectivity index (χ1n) is 2.77. The SMILES string of the molecule is Cc1ccsc1/C=C\N. The minimum absolute atomic E-state index is 1.25. The van der Waals surface area contributed by atoms with Gasteiger partial charge >= 0.3 is 0 Å². The Balaban J connectivity index is 2.94. The van der Waals surface area contributed by atoms with E-state index in [1.54, 1.807) is 17.5 Å². The number of hydrogen-bond acceptors (Lipinski definition) is 2. The van der Waals surface area contributed by atoms with Gasteiger partial charge in [-0.05, 0) is 36.2 Å². The third kappa shape index (κ3) is 1.33. The van der Waals surface area contributed by atoms with Crippen molar-refractivity contribution in [2.75, 3.05) is 0 Å². The maximum atomic E-state index is 5.21. The highest BCUT2D eigenvalue weighted by Gasteiger charge is 1.91. The highest BCUT2D eigenvalue weighted by molar-refractivity contribution is 7.11. The zero-order chi connectivity index (χ0) is 6.69. The van der Waals surface area contributed by atoms with Crippen molar-refractivity contribution in [3.63, 3.8) is 0 Å². The Hall–Kier alpha value is -0.760. The minimum atomic E-state index is 1.25. The van der Waals surface area contributed by atoms with Crippen molar-refractivity contribution >= 4 is 17.4 Å².